The maximum atomic E-state index is 10.7. The van der Waals surface area contributed by atoms with E-state index in [0.29, 0.717) is 17.4 Å². The van der Waals surface area contributed by atoms with Crippen LogP contribution < -0.4 is 5.32 Å². The molecule has 1 aromatic rings. The fourth-order valence-corrected chi connectivity index (χ4v) is 1.72. The number of rotatable bonds is 3. The average molecular weight is 243 g/mol. The molecule has 0 aromatic carbocycles. The molecule has 0 radical (unpaired) electrons. The Kier molecular flexibility index (Phi) is 3.26. The number of pyridine rings is 1. The summed E-state index contributed by atoms with van der Waals surface area (Å²) in [5, 5.41) is 12.2. The number of carboxylic acid groups (broad SMARTS) is 1. The molecule has 0 amide bonds. The third-order valence-electron chi connectivity index (χ3n) is 2.36. The quantitative estimate of drug-likeness (QED) is 0.843. The highest BCUT2D eigenvalue weighted by molar-refractivity contribution is 6.33. The number of carbonyl (C=O) groups is 1. The molecule has 1 atom stereocenters. The highest BCUT2D eigenvalue weighted by atomic mass is 35.5. The SMILES string of the molecule is O=C(O)c1cnc(NC2CCOC2)c(Cl)c1. The summed E-state index contributed by atoms with van der Waals surface area (Å²) in [6, 6.07) is 1.58. The Morgan fingerprint density at radius 1 is 1.69 bits per heavy atom. The number of halogens is 1. The molecule has 1 aromatic heterocycles. The van der Waals surface area contributed by atoms with Gasteiger partial charge in [0.1, 0.15) is 5.82 Å². The molecule has 16 heavy (non-hydrogen) atoms. The van der Waals surface area contributed by atoms with Gasteiger partial charge in [0, 0.05) is 12.8 Å². The first-order chi connectivity index (χ1) is 7.66. The van der Waals surface area contributed by atoms with E-state index in [2.05, 4.69) is 10.3 Å². The smallest absolute Gasteiger partial charge is 0.337 e. The van der Waals surface area contributed by atoms with Crippen molar-refractivity contribution in [1.82, 2.24) is 4.98 Å². The summed E-state index contributed by atoms with van der Waals surface area (Å²) in [6.07, 6.45) is 2.19. The van der Waals surface area contributed by atoms with Gasteiger partial charge in [0.15, 0.2) is 0 Å². The van der Waals surface area contributed by atoms with Gasteiger partial charge in [-0.25, -0.2) is 9.78 Å². The highest BCUT2D eigenvalue weighted by Gasteiger charge is 2.17. The molecule has 1 fully saturated rings. The lowest BCUT2D eigenvalue weighted by molar-refractivity contribution is 0.0696. The van der Waals surface area contributed by atoms with Crippen molar-refractivity contribution in [3.05, 3.63) is 22.8 Å². The second kappa shape index (κ2) is 4.67. The van der Waals surface area contributed by atoms with Crippen LogP contribution in [0, 0.1) is 0 Å². The van der Waals surface area contributed by atoms with Crippen LogP contribution in [0.1, 0.15) is 16.8 Å². The number of ether oxygens (including phenoxy) is 1. The van der Waals surface area contributed by atoms with Crippen LogP contribution in [0.5, 0.6) is 0 Å². The molecule has 86 valence electrons. The predicted octanol–water partition coefficient (Wildman–Crippen LogP) is 1.63. The molecular weight excluding hydrogens is 232 g/mol. The number of aromatic carboxylic acids is 1. The monoisotopic (exact) mass is 242 g/mol. The zero-order valence-electron chi connectivity index (χ0n) is 8.44. The third kappa shape index (κ3) is 2.43. The van der Waals surface area contributed by atoms with E-state index in [9.17, 15) is 4.79 Å². The summed E-state index contributed by atoms with van der Waals surface area (Å²) in [6.45, 7) is 1.35. The molecule has 2 rings (SSSR count). The Labute approximate surface area is 97.4 Å². The largest absolute Gasteiger partial charge is 0.478 e. The van der Waals surface area contributed by atoms with Crippen LogP contribution in [0.2, 0.25) is 5.02 Å². The van der Waals surface area contributed by atoms with E-state index < -0.39 is 5.97 Å². The first-order valence-electron chi connectivity index (χ1n) is 4.90. The van der Waals surface area contributed by atoms with Gasteiger partial charge in [-0.3, -0.25) is 0 Å². The second-order valence-electron chi connectivity index (χ2n) is 3.56. The summed E-state index contributed by atoms with van der Waals surface area (Å²) in [7, 11) is 0. The highest BCUT2D eigenvalue weighted by Crippen LogP contribution is 2.22. The van der Waals surface area contributed by atoms with E-state index in [4.69, 9.17) is 21.4 Å². The first kappa shape index (κ1) is 11.2. The Hall–Kier alpha value is -1.33. The van der Waals surface area contributed by atoms with E-state index >= 15 is 0 Å². The van der Waals surface area contributed by atoms with Crippen molar-refractivity contribution in [3.63, 3.8) is 0 Å². The van der Waals surface area contributed by atoms with Gasteiger partial charge in [0.05, 0.1) is 23.2 Å². The van der Waals surface area contributed by atoms with Crippen molar-refractivity contribution in [3.8, 4) is 0 Å². The van der Waals surface area contributed by atoms with Crippen molar-refractivity contribution in [2.24, 2.45) is 0 Å². The maximum Gasteiger partial charge on any atom is 0.337 e. The first-order valence-corrected chi connectivity index (χ1v) is 5.28. The van der Waals surface area contributed by atoms with E-state index in [1.54, 1.807) is 0 Å². The second-order valence-corrected chi connectivity index (χ2v) is 3.97. The average Bonchev–Trinajstić information content (AvgIpc) is 2.73. The number of nitrogens with zero attached hydrogens (tertiary/aromatic N) is 1. The summed E-state index contributed by atoms with van der Waals surface area (Å²) in [5.41, 5.74) is 0.0817. The van der Waals surface area contributed by atoms with Crippen LogP contribution >= 0.6 is 11.6 Å². The number of carboxylic acids is 1. The molecule has 6 heteroatoms. The lowest BCUT2D eigenvalue weighted by Gasteiger charge is -2.12. The predicted molar refractivity (Wildman–Crippen MR) is 59.1 cm³/mol. The van der Waals surface area contributed by atoms with Crippen molar-refractivity contribution < 1.29 is 14.6 Å². The Morgan fingerprint density at radius 3 is 3.06 bits per heavy atom. The minimum absolute atomic E-state index is 0.0817. The number of aromatic nitrogens is 1. The molecule has 0 spiro atoms. The van der Waals surface area contributed by atoms with Gasteiger partial charge in [0.2, 0.25) is 0 Å². The van der Waals surface area contributed by atoms with Gasteiger partial charge < -0.3 is 15.2 Å². The molecule has 1 aliphatic rings. The number of nitrogens with one attached hydrogen (secondary N) is 1. The minimum atomic E-state index is -1.04. The van der Waals surface area contributed by atoms with Crippen molar-refractivity contribution in [2.45, 2.75) is 12.5 Å². The van der Waals surface area contributed by atoms with Crippen molar-refractivity contribution in [1.29, 1.82) is 0 Å². The van der Waals surface area contributed by atoms with Crippen LogP contribution in [0.25, 0.3) is 0 Å². The van der Waals surface area contributed by atoms with Crippen molar-refractivity contribution in [2.75, 3.05) is 18.5 Å². The van der Waals surface area contributed by atoms with Gasteiger partial charge in [0.25, 0.3) is 0 Å². The zero-order chi connectivity index (χ0) is 11.5. The van der Waals surface area contributed by atoms with Crippen molar-refractivity contribution >= 4 is 23.4 Å². The van der Waals surface area contributed by atoms with Gasteiger partial charge >= 0.3 is 5.97 Å². The van der Waals surface area contributed by atoms with E-state index in [1.165, 1.54) is 12.3 Å². The Bertz CT molecular complexity index is 405. The Balaban J connectivity index is 2.12. The van der Waals surface area contributed by atoms with Gasteiger partial charge in [-0.1, -0.05) is 11.6 Å². The maximum absolute atomic E-state index is 10.7. The molecule has 0 aliphatic carbocycles. The molecule has 1 saturated heterocycles. The van der Waals surface area contributed by atoms with Crippen LogP contribution in [-0.2, 0) is 4.74 Å². The molecule has 1 aliphatic heterocycles. The molecular formula is C10H11ClN2O3. The Morgan fingerprint density at radius 2 is 2.50 bits per heavy atom. The number of anilines is 1. The summed E-state index contributed by atoms with van der Waals surface area (Å²) in [4.78, 5) is 14.7. The molecule has 2 N–H and O–H groups in total. The van der Waals surface area contributed by atoms with Crippen LogP contribution in [-0.4, -0.2) is 35.3 Å². The van der Waals surface area contributed by atoms with Gasteiger partial charge in [-0.05, 0) is 12.5 Å². The standard InChI is InChI=1S/C10H11ClN2O3/c11-8-3-6(10(14)15)4-12-9(8)13-7-1-2-16-5-7/h3-4,7H,1-2,5H2,(H,12,13)(H,14,15). The van der Waals surface area contributed by atoms with E-state index in [-0.39, 0.29) is 11.6 Å². The third-order valence-corrected chi connectivity index (χ3v) is 2.65. The summed E-state index contributed by atoms with van der Waals surface area (Å²) in [5.74, 6) is -0.535. The normalized spacial score (nSPS) is 19.7. The fraction of sp³-hybridized carbons (Fsp3) is 0.400. The number of hydrogen-bond donors (Lipinski definition) is 2. The topological polar surface area (TPSA) is 71.5 Å². The fourth-order valence-electron chi connectivity index (χ4n) is 1.50. The van der Waals surface area contributed by atoms with Gasteiger partial charge in [-0.2, -0.15) is 0 Å². The van der Waals surface area contributed by atoms with E-state index in [1.807, 2.05) is 0 Å². The lowest BCUT2D eigenvalue weighted by atomic mass is 10.2. The molecule has 0 bridgehead atoms. The molecule has 0 saturated carbocycles. The van der Waals surface area contributed by atoms with Crippen LogP contribution in [0.4, 0.5) is 5.82 Å². The molecule has 5 nitrogen and oxygen atoms in total. The van der Waals surface area contributed by atoms with Gasteiger partial charge in [-0.15, -0.1) is 0 Å². The van der Waals surface area contributed by atoms with Crippen LogP contribution in [0.15, 0.2) is 12.3 Å². The zero-order valence-corrected chi connectivity index (χ0v) is 9.20. The van der Waals surface area contributed by atoms with Crippen LogP contribution in [0.3, 0.4) is 0 Å². The molecule has 1 unspecified atom stereocenters. The van der Waals surface area contributed by atoms with E-state index in [0.717, 1.165) is 13.0 Å². The summed E-state index contributed by atoms with van der Waals surface area (Å²) >= 11 is 5.92. The summed E-state index contributed by atoms with van der Waals surface area (Å²) < 4.78 is 5.20. The molecule has 2 heterocycles. The number of hydrogen-bond acceptors (Lipinski definition) is 4. The lowest BCUT2D eigenvalue weighted by Crippen LogP contribution is -2.20. The minimum Gasteiger partial charge on any atom is -0.478 e.